The van der Waals surface area contributed by atoms with Crippen molar-refractivity contribution >= 4 is 10.1 Å². The van der Waals surface area contributed by atoms with E-state index in [0.717, 1.165) is 25.7 Å². The number of hydrogen-bond donors (Lipinski definition) is 0. The molecule has 0 aliphatic rings. The normalized spacial score (nSPS) is 14.9. The van der Waals surface area contributed by atoms with Crippen molar-refractivity contribution in [2.24, 2.45) is 0 Å². The Hall–Kier alpha value is -0.300. The first kappa shape index (κ1) is 16.7. The molecule has 1 atom stereocenters. The minimum absolute atomic E-state index is 0.318. The molecule has 0 aliphatic heterocycles. The summed E-state index contributed by atoms with van der Waals surface area (Å²) in [6.45, 7) is 3.39. The van der Waals surface area contributed by atoms with Crippen molar-refractivity contribution in [2.75, 3.05) is 0 Å². The van der Waals surface area contributed by atoms with Crippen LogP contribution in [0.25, 0.3) is 0 Å². The summed E-state index contributed by atoms with van der Waals surface area (Å²) in [6, 6.07) is 0. The van der Waals surface area contributed by atoms with Crippen LogP contribution in [0.3, 0.4) is 0 Å². The molecule has 0 N–H and O–H groups in total. The van der Waals surface area contributed by atoms with Gasteiger partial charge in [-0.3, -0.25) is 4.18 Å². The van der Waals surface area contributed by atoms with Crippen LogP contribution in [0.2, 0.25) is 0 Å². The van der Waals surface area contributed by atoms with Gasteiger partial charge in [-0.2, -0.15) is 21.6 Å². The van der Waals surface area contributed by atoms with Gasteiger partial charge in [0, 0.05) is 0 Å². The SMILES string of the molecule is CCCCCCCC(C)OS(=O)(=O)C(F)(F)F. The monoisotopic (exact) mass is 276 g/mol. The van der Waals surface area contributed by atoms with E-state index in [2.05, 4.69) is 11.1 Å². The van der Waals surface area contributed by atoms with Gasteiger partial charge >= 0.3 is 15.6 Å². The van der Waals surface area contributed by atoms with E-state index in [1.54, 1.807) is 0 Å². The third-order valence-electron chi connectivity index (χ3n) is 2.29. The van der Waals surface area contributed by atoms with Gasteiger partial charge in [-0.25, -0.2) is 0 Å². The lowest BCUT2D eigenvalue weighted by molar-refractivity contribution is -0.0570. The second-order valence-corrected chi connectivity index (χ2v) is 5.57. The fourth-order valence-electron chi connectivity index (χ4n) is 1.35. The number of alkyl halides is 3. The molecule has 0 amide bonds. The maximum absolute atomic E-state index is 12.0. The summed E-state index contributed by atoms with van der Waals surface area (Å²) in [4.78, 5) is 0. The van der Waals surface area contributed by atoms with Crippen molar-refractivity contribution in [3.63, 3.8) is 0 Å². The lowest BCUT2D eigenvalue weighted by Crippen LogP contribution is -2.28. The summed E-state index contributed by atoms with van der Waals surface area (Å²) >= 11 is 0. The highest BCUT2D eigenvalue weighted by atomic mass is 32.2. The summed E-state index contributed by atoms with van der Waals surface area (Å²) < 4.78 is 61.3. The molecule has 0 radical (unpaired) electrons. The Balaban J connectivity index is 3.91. The van der Waals surface area contributed by atoms with Crippen LogP contribution in [0.1, 0.15) is 52.4 Å². The summed E-state index contributed by atoms with van der Waals surface area (Å²) in [6.07, 6.45) is 4.12. The molecule has 0 aromatic heterocycles. The molecule has 0 aromatic rings. The quantitative estimate of drug-likeness (QED) is 0.386. The first-order chi connectivity index (χ1) is 7.70. The molecule has 0 aliphatic carbocycles. The van der Waals surface area contributed by atoms with Crippen molar-refractivity contribution < 1.29 is 25.8 Å². The average molecular weight is 276 g/mol. The maximum Gasteiger partial charge on any atom is 0.523 e. The molecule has 104 valence electrons. The van der Waals surface area contributed by atoms with Gasteiger partial charge in [-0.1, -0.05) is 39.0 Å². The van der Waals surface area contributed by atoms with E-state index in [-0.39, 0.29) is 0 Å². The topological polar surface area (TPSA) is 43.4 Å². The highest BCUT2D eigenvalue weighted by Gasteiger charge is 2.48. The van der Waals surface area contributed by atoms with Crippen molar-refractivity contribution in [3.8, 4) is 0 Å². The van der Waals surface area contributed by atoms with Gasteiger partial charge < -0.3 is 0 Å². The highest BCUT2D eigenvalue weighted by Crippen LogP contribution is 2.26. The van der Waals surface area contributed by atoms with Crippen LogP contribution in [-0.2, 0) is 14.3 Å². The molecule has 0 saturated heterocycles. The van der Waals surface area contributed by atoms with Crippen molar-refractivity contribution in [3.05, 3.63) is 0 Å². The predicted molar refractivity (Wildman–Crippen MR) is 58.9 cm³/mol. The second-order valence-electron chi connectivity index (χ2n) is 4.01. The Bertz CT molecular complexity index is 298. The molecule has 17 heavy (non-hydrogen) atoms. The van der Waals surface area contributed by atoms with E-state index in [1.807, 2.05) is 0 Å². The van der Waals surface area contributed by atoms with Crippen LogP contribution in [0, 0.1) is 0 Å². The number of rotatable bonds is 8. The highest BCUT2D eigenvalue weighted by molar-refractivity contribution is 7.87. The zero-order valence-corrected chi connectivity index (χ0v) is 10.9. The van der Waals surface area contributed by atoms with Gasteiger partial charge in [0.2, 0.25) is 0 Å². The summed E-state index contributed by atoms with van der Waals surface area (Å²) in [7, 11) is -5.44. The van der Waals surface area contributed by atoms with Crippen molar-refractivity contribution in [1.29, 1.82) is 0 Å². The lowest BCUT2D eigenvalue weighted by atomic mass is 10.1. The molecule has 3 nitrogen and oxygen atoms in total. The van der Waals surface area contributed by atoms with E-state index in [0.29, 0.717) is 12.8 Å². The predicted octanol–water partition coefficient (Wildman–Crippen LogP) is 3.60. The summed E-state index contributed by atoms with van der Waals surface area (Å²) in [5.41, 5.74) is -5.33. The van der Waals surface area contributed by atoms with Crippen LogP contribution < -0.4 is 0 Å². The fraction of sp³-hybridized carbons (Fsp3) is 1.00. The van der Waals surface area contributed by atoms with E-state index in [9.17, 15) is 21.6 Å². The minimum atomic E-state index is -5.44. The van der Waals surface area contributed by atoms with Gasteiger partial charge in [-0.05, 0) is 13.3 Å². The van der Waals surface area contributed by atoms with Gasteiger partial charge in [0.15, 0.2) is 0 Å². The van der Waals surface area contributed by atoms with Crippen LogP contribution >= 0.6 is 0 Å². The Morgan fingerprint density at radius 3 is 2.12 bits per heavy atom. The number of unbranched alkanes of at least 4 members (excludes halogenated alkanes) is 4. The smallest absolute Gasteiger partial charge is 0.260 e. The van der Waals surface area contributed by atoms with Crippen molar-refractivity contribution in [1.82, 2.24) is 0 Å². The molecule has 0 aromatic carbocycles. The number of hydrogen-bond acceptors (Lipinski definition) is 3. The standard InChI is InChI=1S/C10H19F3O3S/c1-3-4-5-6-7-8-9(2)16-17(14,15)10(11,12)13/h9H,3-8H2,1-2H3. The molecule has 7 heteroatoms. The minimum Gasteiger partial charge on any atom is -0.260 e. The molecular formula is C10H19F3O3S. The summed E-state index contributed by atoms with van der Waals surface area (Å²) in [5.74, 6) is 0. The fourth-order valence-corrected chi connectivity index (χ4v) is 1.99. The van der Waals surface area contributed by atoms with Crippen LogP contribution in [0.15, 0.2) is 0 Å². The Labute approximate surface area is 100 Å². The third-order valence-corrected chi connectivity index (χ3v) is 3.44. The second kappa shape index (κ2) is 7.20. The van der Waals surface area contributed by atoms with Gasteiger partial charge in [0.25, 0.3) is 0 Å². The van der Waals surface area contributed by atoms with Crippen LogP contribution in [0.4, 0.5) is 13.2 Å². The lowest BCUT2D eigenvalue weighted by Gasteiger charge is -2.14. The first-order valence-electron chi connectivity index (χ1n) is 5.70. The largest absolute Gasteiger partial charge is 0.523 e. The van der Waals surface area contributed by atoms with E-state index in [1.165, 1.54) is 6.92 Å². The molecule has 0 heterocycles. The zero-order valence-electron chi connectivity index (χ0n) is 10.1. The van der Waals surface area contributed by atoms with Crippen molar-refractivity contribution in [2.45, 2.75) is 64.0 Å². The van der Waals surface area contributed by atoms with Gasteiger partial charge in [0.05, 0.1) is 6.10 Å². The number of halogens is 3. The van der Waals surface area contributed by atoms with Gasteiger partial charge in [-0.15, -0.1) is 0 Å². The Morgan fingerprint density at radius 1 is 1.12 bits per heavy atom. The average Bonchev–Trinajstić information content (AvgIpc) is 2.14. The van der Waals surface area contributed by atoms with E-state index in [4.69, 9.17) is 0 Å². The Morgan fingerprint density at radius 2 is 1.65 bits per heavy atom. The summed E-state index contributed by atoms with van der Waals surface area (Å²) in [5, 5.41) is 0. The van der Waals surface area contributed by atoms with Gasteiger partial charge in [0.1, 0.15) is 0 Å². The molecule has 0 saturated carbocycles. The first-order valence-corrected chi connectivity index (χ1v) is 7.11. The molecule has 0 bridgehead atoms. The zero-order chi connectivity index (χ0) is 13.5. The Kier molecular flexibility index (Phi) is 7.08. The van der Waals surface area contributed by atoms with Crippen LogP contribution in [-0.4, -0.2) is 20.0 Å². The molecule has 1 unspecified atom stereocenters. The molecule has 0 fully saturated rings. The molecular weight excluding hydrogens is 257 g/mol. The molecule has 0 spiro atoms. The third kappa shape index (κ3) is 6.88. The maximum atomic E-state index is 12.0. The molecule has 0 rings (SSSR count). The van der Waals surface area contributed by atoms with Crippen LogP contribution in [0.5, 0.6) is 0 Å². The van der Waals surface area contributed by atoms with E-state index < -0.39 is 21.7 Å². The van der Waals surface area contributed by atoms with E-state index >= 15 is 0 Å².